The van der Waals surface area contributed by atoms with E-state index < -0.39 is 11.8 Å². The molecule has 2 amide bonds. The molecule has 0 spiro atoms. The molecule has 3 aromatic carbocycles. The number of imidazole rings is 1. The second-order valence-corrected chi connectivity index (χ2v) is 6.99. The van der Waals surface area contributed by atoms with Gasteiger partial charge in [-0.15, -0.1) is 0 Å². The fraction of sp³-hybridized carbons (Fsp3) is 0.0952. The lowest BCUT2D eigenvalue weighted by molar-refractivity contribution is 0.0893. The van der Waals surface area contributed by atoms with E-state index in [0.29, 0.717) is 38.6 Å². The van der Waals surface area contributed by atoms with Crippen molar-refractivity contribution in [1.29, 1.82) is 0 Å². The number of phenolic OH excluding ortho intramolecular Hbond substituents is 1. The number of benzene rings is 3. The Morgan fingerprint density at radius 2 is 1.71 bits per heavy atom. The Balaban J connectivity index is 1.81. The molecular weight excluding hydrogens is 358 g/mol. The maximum Gasteiger partial charge on any atom is 0.326 e. The van der Waals surface area contributed by atoms with Gasteiger partial charge in [0.15, 0.2) is 0 Å². The van der Waals surface area contributed by atoms with Crippen molar-refractivity contribution in [2.75, 3.05) is 4.90 Å². The number of rotatable bonds is 1. The van der Waals surface area contributed by atoms with Crippen LogP contribution in [0.25, 0.3) is 21.8 Å². The van der Waals surface area contributed by atoms with Crippen LogP contribution < -0.4 is 10.6 Å². The molecular formula is C21H15N3O4. The van der Waals surface area contributed by atoms with Crippen LogP contribution in [0.3, 0.4) is 0 Å². The third-order valence-electron chi connectivity index (χ3n) is 5.29. The Morgan fingerprint density at radius 3 is 2.50 bits per heavy atom. The highest BCUT2D eigenvalue weighted by molar-refractivity contribution is 6.36. The number of aryl methyl sites for hydroxylation is 2. The lowest BCUT2D eigenvalue weighted by Crippen LogP contribution is -2.40. The first-order valence-electron chi connectivity index (χ1n) is 8.70. The number of nitrogens with one attached hydrogen (secondary N) is 1. The summed E-state index contributed by atoms with van der Waals surface area (Å²) in [5.74, 6) is -0.980. The van der Waals surface area contributed by atoms with Crippen LogP contribution in [0.5, 0.6) is 5.75 Å². The molecule has 1 aliphatic rings. The fourth-order valence-corrected chi connectivity index (χ4v) is 3.92. The van der Waals surface area contributed by atoms with E-state index >= 15 is 0 Å². The molecule has 2 N–H and O–H groups in total. The minimum absolute atomic E-state index is 0.0393. The predicted molar refractivity (Wildman–Crippen MR) is 105 cm³/mol. The molecule has 7 nitrogen and oxygen atoms in total. The zero-order valence-corrected chi connectivity index (χ0v) is 15.1. The molecule has 0 fully saturated rings. The lowest BCUT2D eigenvalue weighted by atomic mass is 9.93. The highest BCUT2D eigenvalue weighted by atomic mass is 16.3. The number of hydrogen-bond donors (Lipinski definition) is 2. The number of aromatic nitrogens is 2. The van der Waals surface area contributed by atoms with Crippen molar-refractivity contribution in [3.8, 4) is 5.75 Å². The SMILES string of the molecule is Cc1cc2[nH]c(=O)n(C)c2cc1N1C(=O)c2cccc3cc(O)cc(c23)C1=O. The van der Waals surface area contributed by atoms with Crippen LogP contribution in [-0.4, -0.2) is 26.5 Å². The molecule has 0 bridgehead atoms. The van der Waals surface area contributed by atoms with E-state index in [1.165, 1.54) is 16.7 Å². The number of carbonyl (C=O) groups is 2. The minimum Gasteiger partial charge on any atom is -0.508 e. The van der Waals surface area contributed by atoms with Crippen molar-refractivity contribution >= 4 is 39.3 Å². The Bertz CT molecular complexity index is 1410. The second kappa shape index (κ2) is 5.32. The van der Waals surface area contributed by atoms with E-state index in [0.717, 1.165) is 4.90 Å². The predicted octanol–water partition coefficient (Wildman–Crippen LogP) is 2.83. The van der Waals surface area contributed by atoms with Gasteiger partial charge < -0.3 is 10.1 Å². The summed E-state index contributed by atoms with van der Waals surface area (Å²) in [5, 5.41) is 11.2. The average Bonchev–Trinajstić information content (AvgIpc) is 2.93. The molecule has 0 saturated heterocycles. The van der Waals surface area contributed by atoms with E-state index in [9.17, 15) is 19.5 Å². The number of phenols is 1. The Hall–Kier alpha value is -3.87. The van der Waals surface area contributed by atoms with Gasteiger partial charge in [0.25, 0.3) is 11.8 Å². The van der Waals surface area contributed by atoms with E-state index in [1.54, 1.807) is 44.3 Å². The van der Waals surface area contributed by atoms with Gasteiger partial charge in [0, 0.05) is 18.0 Å². The summed E-state index contributed by atoms with van der Waals surface area (Å²) >= 11 is 0. The second-order valence-electron chi connectivity index (χ2n) is 6.99. The largest absolute Gasteiger partial charge is 0.508 e. The average molecular weight is 373 g/mol. The minimum atomic E-state index is -0.507. The van der Waals surface area contributed by atoms with Gasteiger partial charge in [-0.1, -0.05) is 12.1 Å². The van der Waals surface area contributed by atoms with Crippen molar-refractivity contribution in [3.05, 3.63) is 69.6 Å². The molecule has 0 aliphatic carbocycles. The van der Waals surface area contributed by atoms with Gasteiger partial charge in [0.1, 0.15) is 5.75 Å². The van der Waals surface area contributed by atoms with Gasteiger partial charge >= 0.3 is 5.69 Å². The summed E-state index contributed by atoms with van der Waals surface area (Å²) in [6.45, 7) is 1.78. The van der Waals surface area contributed by atoms with Crippen LogP contribution >= 0.6 is 0 Å². The molecule has 0 radical (unpaired) electrons. The molecule has 0 unspecified atom stereocenters. The van der Waals surface area contributed by atoms with Crippen molar-refractivity contribution in [2.24, 2.45) is 7.05 Å². The fourth-order valence-electron chi connectivity index (χ4n) is 3.92. The molecule has 4 aromatic rings. The standard InChI is InChI=1S/C21H15N3O4/c1-10-6-15-17(23(2)21(28)22-15)9-16(10)24-19(26)13-5-3-4-11-7-12(25)8-14(18(11)13)20(24)27/h3-9,25H,1-2H3,(H,22,28). The van der Waals surface area contributed by atoms with E-state index in [-0.39, 0.29) is 17.0 Å². The number of anilines is 1. The number of hydrogen-bond acceptors (Lipinski definition) is 4. The van der Waals surface area contributed by atoms with Crippen molar-refractivity contribution < 1.29 is 14.7 Å². The molecule has 28 heavy (non-hydrogen) atoms. The number of nitrogens with zero attached hydrogens (tertiary/aromatic N) is 2. The molecule has 0 saturated carbocycles. The van der Waals surface area contributed by atoms with Crippen LogP contribution in [-0.2, 0) is 7.05 Å². The first kappa shape index (κ1) is 16.3. The Kier molecular flexibility index (Phi) is 3.10. The van der Waals surface area contributed by atoms with E-state index in [4.69, 9.17) is 0 Å². The van der Waals surface area contributed by atoms with Gasteiger partial charge in [0.05, 0.1) is 22.3 Å². The van der Waals surface area contributed by atoms with Crippen molar-refractivity contribution in [3.63, 3.8) is 0 Å². The number of amides is 2. The van der Waals surface area contributed by atoms with E-state index in [1.807, 2.05) is 0 Å². The Morgan fingerprint density at radius 1 is 0.964 bits per heavy atom. The van der Waals surface area contributed by atoms with Crippen molar-refractivity contribution in [2.45, 2.75) is 6.92 Å². The molecule has 0 atom stereocenters. The number of carbonyl (C=O) groups excluding carboxylic acids is 2. The highest BCUT2D eigenvalue weighted by Crippen LogP contribution is 2.36. The maximum atomic E-state index is 13.3. The molecule has 1 aromatic heterocycles. The highest BCUT2D eigenvalue weighted by Gasteiger charge is 2.35. The normalized spacial score (nSPS) is 13.7. The summed E-state index contributed by atoms with van der Waals surface area (Å²) in [4.78, 5) is 42.3. The van der Waals surface area contributed by atoms with Gasteiger partial charge in [-0.05, 0) is 48.2 Å². The third kappa shape index (κ3) is 2.01. The first-order chi connectivity index (χ1) is 13.4. The topological polar surface area (TPSA) is 95.4 Å². The van der Waals surface area contributed by atoms with Crippen LogP contribution in [0.1, 0.15) is 26.3 Å². The molecule has 5 rings (SSSR count). The monoisotopic (exact) mass is 373 g/mol. The Labute approximate surface area is 158 Å². The lowest BCUT2D eigenvalue weighted by Gasteiger charge is -2.28. The zero-order valence-electron chi connectivity index (χ0n) is 15.1. The third-order valence-corrected chi connectivity index (χ3v) is 5.29. The van der Waals surface area contributed by atoms with Gasteiger partial charge in [-0.2, -0.15) is 0 Å². The van der Waals surface area contributed by atoms with Crippen LogP contribution in [0.2, 0.25) is 0 Å². The first-order valence-corrected chi connectivity index (χ1v) is 8.70. The molecule has 138 valence electrons. The molecule has 7 heteroatoms. The summed E-state index contributed by atoms with van der Waals surface area (Å²) in [6, 6.07) is 11.5. The summed E-state index contributed by atoms with van der Waals surface area (Å²) in [7, 11) is 1.62. The van der Waals surface area contributed by atoms with Crippen molar-refractivity contribution in [1.82, 2.24) is 9.55 Å². The number of imide groups is 1. The van der Waals surface area contributed by atoms with Crippen LogP contribution in [0.15, 0.2) is 47.3 Å². The zero-order chi connectivity index (χ0) is 19.7. The number of aromatic hydroxyl groups is 1. The number of H-pyrrole nitrogens is 1. The summed E-state index contributed by atoms with van der Waals surface area (Å²) < 4.78 is 1.43. The molecule has 2 heterocycles. The summed E-state index contributed by atoms with van der Waals surface area (Å²) in [6.07, 6.45) is 0. The summed E-state index contributed by atoms with van der Waals surface area (Å²) in [5.41, 5.74) is 2.69. The number of aromatic amines is 1. The maximum absolute atomic E-state index is 13.3. The van der Waals surface area contributed by atoms with Crippen LogP contribution in [0, 0.1) is 6.92 Å². The van der Waals surface area contributed by atoms with Gasteiger partial charge in [-0.25, -0.2) is 9.69 Å². The van der Waals surface area contributed by atoms with E-state index in [2.05, 4.69) is 4.98 Å². The van der Waals surface area contributed by atoms with Gasteiger partial charge in [-0.3, -0.25) is 14.2 Å². The van der Waals surface area contributed by atoms with Gasteiger partial charge in [0.2, 0.25) is 0 Å². The smallest absolute Gasteiger partial charge is 0.326 e. The molecule has 1 aliphatic heterocycles. The quantitative estimate of drug-likeness (QED) is 0.502. The number of fused-ring (bicyclic) bond motifs is 1. The van der Waals surface area contributed by atoms with Crippen LogP contribution in [0.4, 0.5) is 5.69 Å².